The lowest BCUT2D eigenvalue weighted by molar-refractivity contribution is -0.0494. The lowest BCUT2D eigenvalue weighted by Gasteiger charge is -2.32. The molecule has 7 N–H and O–H groups in total. The van der Waals surface area contributed by atoms with Crippen molar-refractivity contribution in [3.63, 3.8) is 0 Å². The third-order valence-electron chi connectivity index (χ3n) is 4.81. The van der Waals surface area contributed by atoms with E-state index in [4.69, 9.17) is 22.7 Å². The van der Waals surface area contributed by atoms with Crippen molar-refractivity contribution >= 4 is 35.1 Å². The maximum absolute atomic E-state index is 13.3. The minimum Gasteiger partial charge on any atom is -0.397 e. The Labute approximate surface area is 171 Å². The molecule has 1 saturated heterocycles. The van der Waals surface area contributed by atoms with E-state index in [-0.39, 0.29) is 43.4 Å². The summed E-state index contributed by atoms with van der Waals surface area (Å²) in [5.74, 6) is 3.16. The number of aromatic nitrogens is 1. The summed E-state index contributed by atoms with van der Waals surface area (Å²) >= 11 is 0. The first-order valence-electron chi connectivity index (χ1n) is 9.12. The number of amides is 1. The summed E-state index contributed by atoms with van der Waals surface area (Å²) in [6.45, 7) is -0.00211. The van der Waals surface area contributed by atoms with Crippen LogP contribution in [0.3, 0.4) is 0 Å². The largest absolute Gasteiger partial charge is 0.397 e. The van der Waals surface area contributed by atoms with E-state index in [1.807, 2.05) is 0 Å². The number of anilines is 3. The van der Waals surface area contributed by atoms with Crippen LogP contribution in [0, 0.1) is 5.41 Å². The Hall–Kier alpha value is -3.60. The number of nitrogens with zero attached hydrogens (tertiary/aromatic N) is 4. The fraction of sp³-hybridized carbons (Fsp3) is 0.263. The van der Waals surface area contributed by atoms with Crippen LogP contribution in [-0.2, 0) is 0 Å². The normalized spacial score (nSPS) is 16.2. The predicted molar refractivity (Wildman–Crippen MR) is 111 cm³/mol. The van der Waals surface area contributed by atoms with Gasteiger partial charge in [0.2, 0.25) is 0 Å². The van der Waals surface area contributed by atoms with Gasteiger partial charge in [0.05, 0.1) is 23.3 Å². The van der Waals surface area contributed by atoms with Gasteiger partial charge in [0.25, 0.3) is 11.8 Å². The second-order valence-electron chi connectivity index (χ2n) is 6.84. The van der Waals surface area contributed by atoms with Crippen molar-refractivity contribution in [3.05, 3.63) is 47.8 Å². The highest BCUT2D eigenvalue weighted by atomic mass is 19.3. The number of alkyl halides is 2. The fourth-order valence-electron chi connectivity index (χ4n) is 3.08. The summed E-state index contributed by atoms with van der Waals surface area (Å²) in [7, 11) is 0. The number of likely N-dealkylation sites (tertiary alicyclic amines) is 1. The van der Waals surface area contributed by atoms with Gasteiger partial charge in [-0.3, -0.25) is 20.2 Å². The van der Waals surface area contributed by atoms with E-state index >= 15 is 0 Å². The summed E-state index contributed by atoms with van der Waals surface area (Å²) in [4.78, 5) is 21.8. The third kappa shape index (κ3) is 4.51. The first-order valence-corrected chi connectivity index (χ1v) is 9.12. The smallest absolute Gasteiger partial charge is 0.253 e. The molecule has 2 heterocycles. The van der Waals surface area contributed by atoms with Crippen LogP contribution in [0.25, 0.3) is 0 Å². The molecule has 1 aliphatic heterocycles. The van der Waals surface area contributed by atoms with Gasteiger partial charge in [-0.25, -0.2) is 19.6 Å². The number of benzene rings is 1. The van der Waals surface area contributed by atoms with Crippen molar-refractivity contribution in [2.75, 3.05) is 23.8 Å². The first-order chi connectivity index (χ1) is 14.2. The SMILES string of the molecule is N=CN=C(N)c1ccc(N(N)c2ccc(C(=O)N3CCC(F)(F)CC3)cc2N)cn1. The molecule has 0 radical (unpaired) electrons. The molecule has 0 aliphatic carbocycles. The molecule has 0 saturated carbocycles. The molecular weight excluding hydrogens is 394 g/mol. The monoisotopic (exact) mass is 416 g/mol. The number of nitrogens with one attached hydrogen (secondary N) is 1. The highest BCUT2D eigenvalue weighted by Crippen LogP contribution is 2.31. The van der Waals surface area contributed by atoms with Crippen molar-refractivity contribution < 1.29 is 13.6 Å². The van der Waals surface area contributed by atoms with E-state index in [0.717, 1.165) is 6.34 Å². The molecule has 0 unspecified atom stereocenters. The molecule has 1 fully saturated rings. The standard InChI is InChI=1S/C19H22F2N8O/c20-19(21)5-7-28(8-6-19)18(30)12-1-4-16(14(23)9-12)29(25)13-2-3-15(26-10-13)17(24)27-11-22/h1-4,9-11H,5-8,23,25H2,(H3,22,24,27). The number of amidine groups is 1. The molecular formula is C19H22F2N8O. The number of carbonyl (C=O) groups excluding carboxylic acids is 1. The van der Waals surface area contributed by atoms with E-state index in [2.05, 4.69) is 9.98 Å². The van der Waals surface area contributed by atoms with Crippen LogP contribution in [0.4, 0.5) is 25.8 Å². The number of nitrogens with two attached hydrogens (primary N) is 3. The van der Waals surface area contributed by atoms with Crippen molar-refractivity contribution in [2.24, 2.45) is 16.6 Å². The Balaban J connectivity index is 1.75. The molecule has 11 heteroatoms. The third-order valence-corrected chi connectivity index (χ3v) is 4.81. The van der Waals surface area contributed by atoms with Gasteiger partial charge >= 0.3 is 0 Å². The molecule has 0 bridgehead atoms. The van der Waals surface area contributed by atoms with Gasteiger partial charge in [0, 0.05) is 31.5 Å². The molecule has 3 rings (SSSR count). The van der Waals surface area contributed by atoms with E-state index in [0.29, 0.717) is 22.6 Å². The number of hydrogen-bond acceptors (Lipinski definition) is 6. The number of aliphatic imine (C=N–C) groups is 1. The average molecular weight is 416 g/mol. The second kappa shape index (κ2) is 8.41. The topological polar surface area (TPSA) is 151 Å². The summed E-state index contributed by atoms with van der Waals surface area (Å²) in [5.41, 5.74) is 13.7. The Morgan fingerprint density at radius 2 is 1.97 bits per heavy atom. The molecule has 1 amide bonds. The lowest BCUT2D eigenvalue weighted by Crippen LogP contribution is -2.42. The Morgan fingerprint density at radius 1 is 1.27 bits per heavy atom. The minimum atomic E-state index is -2.72. The van der Waals surface area contributed by atoms with Gasteiger partial charge in [-0.2, -0.15) is 0 Å². The van der Waals surface area contributed by atoms with Crippen LogP contribution in [-0.4, -0.2) is 47.0 Å². The van der Waals surface area contributed by atoms with Crippen molar-refractivity contribution in [1.29, 1.82) is 5.41 Å². The number of nitrogen functional groups attached to an aromatic ring is 1. The van der Waals surface area contributed by atoms with Gasteiger partial charge in [-0.05, 0) is 30.3 Å². The first kappa shape index (κ1) is 21.1. The minimum absolute atomic E-state index is 0.00106. The molecule has 158 valence electrons. The van der Waals surface area contributed by atoms with Gasteiger partial charge in [-0.1, -0.05) is 0 Å². The van der Waals surface area contributed by atoms with Crippen LogP contribution in [0.5, 0.6) is 0 Å². The van der Waals surface area contributed by atoms with Crippen LogP contribution >= 0.6 is 0 Å². The van der Waals surface area contributed by atoms with Crippen LogP contribution in [0.2, 0.25) is 0 Å². The summed E-state index contributed by atoms with van der Waals surface area (Å²) in [5, 5.41) is 8.23. The average Bonchev–Trinajstić information content (AvgIpc) is 2.73. The second-order valence-corrected chi connectivity index (χ2v) is 6.84. The summed E-state index contributed by atoms with van der Waals surface area (Å²) in [6.07, 6.45) is 1.59. The molecule has 1 aliphatic rings. The zero-order valence-electron chi connectivity index (χ0n) is 16.1. The lowest BCUT2D eigenvalue weighted by atomic mass is 10.0. The molecule has 9 nitrogen and oxygen atoms in total. The highest BCUT2D eigenvalue weighted by molar-refractivity contribution is 5.99. The molecule has 2 aromatic rings. The van der Waals surface area contributed by atoms with Crippen molar-refractivity contribution in [1.82, 2.24) is 9.88 Å². The van der Waals surface area contributed by atoms with Crippen LogP contribution < -0.4 is 22.3 Å². The Morgan fingerprint density at radius 3 is 2.53 bits per heavy atom. The van der Waals surface area contributed by atoms with Gasteiger partial charge < -0.3 is 16.4 Å². The number of piperidine rings is 1. The quantitative estimate of drug-likeness (QED) is 0.192. The number of pyridine rings is 1. The number of hydrazine groups is 1. The summed E-state index contributed by atoms with van der Waals surface area (Å²) in [6, 6.07) is 7.86. The number of hydrogen-bond donors (Lipinski definition) is 4. The molecule has 30 heavy (non-hydrogen) atoms. The Kier molecular flexibility index (Phi) is 5.92. The molecule has 1 aromatic heterocycles. The molecule has 0 atom stereocenters. The van der Waals surface area contributed by atoms with Gasteiger partial charge in [0.15, 0.2) is 5.84 Å². The van der Waals surface area contributed by atoms with Crippen LogP contribution in [0.1, 0.15) is 28.9 Å². The van der Waals surface area contributed by atoms with Crippen molar-refractivity contribution in [3.8, 4) is 0 Å². The number of halogens is 2. The molecule has 1 aromatic carbocycles. The number of carbonyl (C=O) groups is 1. The zero-order chi connectivity index (χ0) is 21.9. The summed E-state index contributed by atoms with van der Waals surface area (Å²) < 4.78 is 26.6. The van der Waals surface area contributed by atoms with Gasteiger partial charge in [0.1, 0.15) is 12.0 Å². The molecule has 0 spiro atoms. The maximum atomic E-state index is 13.3. The van der Waals surface area contributed by atoms with E-state index in [1.54, 1.807) is 24.3 Å². The van der Waals surface area contributed by atoms with E-state index < -0.39 is 5.92 Å². The van der Waals surface area contributed by atoms with Crippen LogP contribution in [0.15, 0.2) is 41.5 Å². The Bertz CT molecular complexity index is 967. The van der Waals surface area contributed by atoms with E-state index in [9.17, 15) is 13.6 Å². The van der Waals surface area contributed by atoms with E-state index in [1.165, 1.54) is 22.2 Å². The predicted octanol–water partition coefficient (Wildman–Crippen LogP) is 1.86. The highest BCUT2D eigenvalue weighted by Gasteiger charge is 2.35. The number of rotatable bonds is 5. The van der Waals surface area contributed by atoms with Gasteiger partial charge in [-0.15, -0.1) is 0 Å². The van der Waals surface area contributed by atoms with Crippen molar-refractivity contribution in [2.45, 2.75) is 18.8 Å². The zero-order valence-corrected chi connectivity index (χ0v) is 16.1. The fourth-order valence-corrected chi connectivity index (χ4v) is 3.08. The maximum Gasteiger partial charge on any atom is 0.253 e.